The second-order valence-electron chi connectivity index (χ2n) is 4.24. The van der Waals surface area contributed by atoms with Crippen molar-refractivity contribution in [3.63, 3.8) is 0 Å². The van der Waals surface area contributed by atoms with Crippen molar-refractivity contribution >= 4 is 68.1 Å². The van der Waals surface area contributed by atoms with E-state index in [1.807, 2.05) is 0 Å². The number of benzene rings is 1. The van der Waals surface area contributed by atoms with Gasteiger partial charge in [0.15, 0.2) is 5.13 Å². The van der Waals surface area contributed by atoms with Crippen molar-refractivity contribution in [2.24, 2.45) is 0 Å². The van der Waals surface area contributed by atoms with E-state index >= 15 is 0 Å². The molecule has 21 heavy (non-hydrogen) atoms. The smallest absolute Gasteiger partial charge is 0.269 e. The molecular formula is C13H14ClIN4OS. The summed E-state index contributed by atoms with van der Waals surface area (Å²) in [4.78, 5) is 16.8. The molecular weight excluding hydrogens is 423 g/mol. The van der Waals surface area contributed by atoms with Crippen molar-refractivity contribution in [2.45, 2.75) is 13.3 Å². The summed E-state index contributed by atoms with van der Waals surface area (Å²) in [6.07, 6.45) is 0.976. The Bertz CT molecular complexity index is 662. The Morgan fingerprint density at radius 1 is 1.52 bits per heavy atom. The molecule has 4 N–H and O–H groups in total. The molecule has 2 rings (SSSR count). The zero-order valence-electron chi connectivity index (χ0n) is 11.2. The molecule has 0 fully saturated rings. The zero-order valence-corrected chi connectivity index (χ0v) is 15.0. The van der Waals surface area contributed by atoms with Crippen molar-refractivity contribution < 1.29 is 4.79 Å². The highest BCUT2D eigenvalue weighted by Gasteiger charge is 2.17. The number of nitrogens with one attached hydrogen (secondary N) is 2. The van der Waals surface area contributed by atoms with Crippen LogP contribution in [0.15, 0.2) is 18.2 Å². The fourth-order valence-electron chi connectivity index (χ4n) is 1.57. The highest BCUT2D eigenvalue weighted by atomic mass is 127. The van der Waals surface area contributed by atoms with Gasteiger partial charge in [0, 0.05) is 15.1 Å². The van der Waals surface area contributed by atoms with Gasteiger partial charge in [-0.3, -0.25) is 4.79 Å². The molecule has 1 aromatic heterocycles. The van der Waals surface area contributed by atoms with Gasteiger partial charge in [-0.15, -0.1) is 0 Å². The number of hydrogen-bond acceptors (Lipinski definition) is 5. The van der Waals surface area contributed by atoms with Crippen LogP contribution >= 0.6 is 45.5 Å². The third-order valence-electron chi connectivity index (χ3n) is 2.57. The molecule has 5 nitrogen and oxygen atoms in total. The van der Waals surface area contributed by atoms with E-state index in [1.54, 1.807) is 18.2 Å². The average Bonchev–Trinajstić information content (AvgIpc) is 2.81. The topological polar surface area (TPSA) is 80.0 Å². The Morgan fingerprint density at radius 2 is 2.29 bits per heavy atom. The van der Waals surface area contributed by atoms with Crippen LogP contribution in [0.2, 0.25) is 5.02 Å². The molecule has 2 aromatic rings. The van der Waals surface area contributed by atoms with Gasteiger partial charge >= 0.3 is 0 Å². The maximum atomic E-state index is 12.3. The Hall–Kier alpha value is -1.06. The molecule has 0 bridgehead atoms. The molecule has 0 unspecified atom stereocenters. The molecule has 112 valence electrons. The molecule has 0 saturated carbocycles. The number of aromatic nitrogens is 1. The fraction of sp³-hybridized carbons (Fsp3) is 0.231. The van der Waals surface area contributed by atoms with Crippen LogP contribution in [-0.4, -0.2) is 17.4 Å². The molecule has 0 saturated heterocycles. The average molecular weight is 437 g/mol. The van der Waals surface area contributed by atoms with Gasteiger partial charge in [0.2, 0.25) is 0 Å². The van der Waals surface area contributed by atoms with E-state index in [0.29, 0.717) is 20.7 Å². The third kappa shape index (κ3) is 4.21. The van der Waals surface area contributed by atoms with Crippen LogP contribution in [0.1, 0.15) is 23.0 Å². The highest BCUT2D eigenvalue weighted by Crippen LogP contribution is 2.27. The summed E-state index contributed by atoms with van der Waals surface area (Å²) in [7, 11) is 0. The number of anilines is 3. The monoisotopic (exact) mass is 436 g/mol. The molecule has 0 aliphatic carbocycles. The number of halogens is 2. The predicted octanol–water partition coefficient (Wildman–Crippen LogP) is 4.06. The summed E-state index contributed by atoms with van der Waals surface area (Å²) in [5.41, 5.74) is 6.50. The van der Waals surface area contributed by atoms with Gasteiger partial charge in [-0.1, -0.05) is 29.9 Å². The Kier molecular flexibility index (Phi) is 5.65. The summed E-state index contributed by atoms with van der Waals surface area (Å²) in [6.45, 7) is 2.85. The molecule has 0 spiro atoms. The van der Waals surface area contributed by atoms with E-state index in [2.05, 4.69) is 45.1 Å². The van der Waals surface area contributed by atoms with Crippen molar-refractivity contribution in [3.05, 3.63) is 31.7 Å². The minimum atomic E-state index is -0.269. The zero-order chi connectivity index (χ0) is 15.4. The predicted molar refractivity (Wildman–Crippen MR) is 97.4 cm³/mol. The van der Waals surface area contributed by atoms with Crippen molar-refractivity contribution in [1.82, 2.24) is 4.98 Å². The maximum Gasteiger partial charge on any atom is 0.269 e. The fourth-order valence-corrected chi connectivity index (χ4v) is 3.38. The van der Waals surface area contributed by atoms with Crippen LogP contribution in [0, 0.1) is 3.57 Å². The summed E-state index contributed by atoms with van der Waals surface area (Å²) in [5, 5.41) is 7.23. The highest BCUT2D eigenvalue weighted by molar-refractivity contribution is 14.1. The first-order chi connectivity index (χ1) is 10.0. The van der Waals surface area contributed by atoms with Crippen molar-refractivity contribution in [2.75, 3.05) is 22.9 Å². The molecule has 1 aromatic carbocycles. The van der Waals surface area contributed by atoms with Crippen molar-refractivity contribution in [3.8, 4) is 0 Å². The lowest BCUT2D eigenvalue weighted by atomic mass is 10.3. The molecule has 0 aliphatic heterocycles. The minimum Gasteiger partial charge on any atom is -0.382 e. The minimum absolute atomic E-state index is 0.236. The van der Waals surface area contributed by atoms with Gasteiger partial charge in [-0.2, -0.15) is 0 Å². The number of carbonyl (C=O) groups is 1. The summed E-state index contributed by atoms with van der Waals surface area (Å²) < 4.78 is 0.862. The van der Waals surface area contributed by atoms with Crippen molar-refractivity contribution in [1.29, 1.82) is 0 Å². The van der Waals surface area contributed by atoms with Crippen LogP contribution in [0.3, 0.4) is 0 Å². The van der Waals surface area contributed by atoms with Crippen LogP contribution in [0.25, 0.3) is 0 Å². The van der Waals surface area contributed by atoms with E-state index in [-0.39, 0.29) is 11.7 Å². The lowest BCUT2D eigenvalue weighted by Crippen LogP contribution is -2.13. The lowest BCUT2D eigenvalue weighted by molar-refractivity contribution is 0.103. The number of nitrogens with two attached hydrogens (primary N) is 1. The van der Waals surface area contributed by atoms with E-state index in [1.165, 1.54) is 11.3 Å². The SMILES string of the molecule is CCCNc1nc(N)c(C(=O)Nc2ccc(Cl)cc2I)s1. The van der Waals surface area contributed by atoms with E-state index in [4.69, 9.17) is 17.3 Å². The number of hydrogen-bond donors (Lipinski definition) is 3. The van der Waals surface area contributed by atoms with Gasteiger partial charge in [-0.25, -0.2) is 4.98 Å². The number of carbonyl (C=O) groups excluding carboxylic acids is 1. The Balaban J connectivity index is 2.14. The summed E-state index contributed by atoms with van der Waals surface area (Å²) in [5.74, 6) is -0.0325. The molecule has 0 atom stereocenters. The Morgan fingerprint density at radius 3 is 2.95 bits per heavy atom. The molecule has 8 heteroatoms. The van der Waals surface area contributed by atoms with Gasteiger partial charge < -0.3 is 16.4 Å². The number of amides is 1. The quantitative estimate of drug-likeness (QED) is 0.618. The second-order valence-corrected chi connectivity index (χ2v) is 6.84. The maximum absolute atomic E-state index is 12.3. The molecule has 0 aliphatic rings. The van der Waals surface area contributed by atoms with Crippen LogP contribution in [0.4, 0.5) is 16.6 Å². The van der Waals surface area contributed by atoms with Gasteiger partial charge in [0.25, 0.3) is 5.91 Å². The van der Waals surface area contributed by atoms with E-state index in [9.17, 15) is 4.79 Å². The number of nitrogen functional groups attached to an aromatic ring is 1. The van der Waals surface area contributed by atoms with E-state index < -0.39 is 0 Å². The first kappa shape index (κ1) is 16.3. The third-order valence-corrected chi connectivity index (χ3v) is 4.72. The molecule has 1 amide bonds. The number of nitrogens with zero attached hydrogens (tertiary/aromatic N) is 1. The first-order valence-corrected chi connectivity index (χ1v) is 8.55. The van der Waals surface area contributed by atoms with Gasteiger partial charge in [0.1, 0.15) is 10.7 Å². The molecule has 1 heterocycles. The normalized spacial score (nSPS) is 10.4. The summed E-state index contributed by atoms with van der Waals surface area (Å²) >= 11 is 9.26. The van der Waals surface area contributed by atoms with Gasteiger partial charge in [-0.05, 0) is 47.2 Å². The van der Waals surface area contributed by atoms with Gasteiger partial charge in [0.05, 0.1) is 5.69 Å². The standard InChI is InChI=1S/C13H14ClIN4OS/c1-2-5-17-13-19-11(16)10(21-13)12(20)18-9-4-3-7(14)6-8(9)15/h3-4,6H,2,5,16H2,1H3,(H,17,19)(H,18,20). The largest absolute Gasteiger partial charge is 0.382 e. The first-order valence-electron chi connectivity index (χ1n) is 6.27. The molecule has 0 radical (unpaired) electrons. The number of thiazole rings is 1. The number of rotatable bonds is 5. The van der Waals surface area contributed by atoms with E-state index in [0.717, 1.165) is 16.5 Å². The van der Waals surface area contributed by atoms with Crippen LogP contribution in [-0.2, 0) is 0 Å². The Labute approximate surface area is 145 Å². The second kappa shape index (κ2) is 7.28. The van der Waals surface area contributed by atoms with Crippen LogP contribution < -0.4 is 16.4 Å². The van der Waals surface area contributed by atoms with Crippen LogP contribution in [0.5, 0.6) is 0 Å². The summed E-state index contributed by atoms with van der Waals surface area (Å²) in [6, 6.07) is 5.26. The lowest BCUT2D eigenvalue weighted by Gasteiger charge is -2.06.